The van der Waals surface area contributed by atoms with Gasteiger partial charge in [0.05, 0.1) is 6.54 Å². The Morgan fingerprint density at radius 2 is 2.45 bits per heavy atom. The molecular formula is C8H16N2O. The van der Waals surface area contributed by atoms with Gasteiger partial charge in [-0.2, -0.15) is 0 Å². The van der Waals surface area contributed by atoms with Gasteiger partial charge in [-0.05, 0) is 12.8 Å². The number of hydrogen-bond acceptors (Lipinski definition) is 3. The molecule has 64 valence electrons. The zero-order chi connectivity index (χ0) is 8.10. The molecule has 0 aromatic rings. The van der Waals surface area contributed by atoms with E-state index in [1.807, 2.05) is 0 Å². The lowest BCUT2D eigenvalue weighted by molar-refractivity contribution is 0.205. The lowest BCUT2D eigenvalue weighted by Gasteiger charge is -2.07. The van der Waals surface area contributed by atoms with Gasteiger partial charge in [0.25, 0.3) is 6.02 Å². The molecule has 0 aliphatic carbocycles. The van der Waals surface area contributed by atoms with Gasteiger partial charge in [0.2, 0.25) is 0 Å². The molecule has 0 bridgehead atoms. The minimum absolute atomic E-state index is 0.265. The van der Waals surface area contributed by atoms with E-state index in [1.54, 1.807) is 0 Å². The molecule has 0 spiro atoms. The predicted octanol–water partition coefficient (Wildman–Crippen LogP) is 1.28. The maximum Gasteiger partial charge on any atom is 0.282 e. The summed E-state index contributed by atoms with van der Waals surface area (Å²) in [7, 11) is 0. The van der Waals surface area contributed by atoms with Crippen molar-refractivity contribution in [3.8, 4) is 0 Å². The first-order chi connectivity index (χ1) is 5.33. The minimum Gasteiger partial charge on any atom is -0.460 e. The van der Waals surface area contributed by atoms with Crippen LogP contribution in [0.5, 0.6) is 0 Å². The molecule has 3 heteroatoms. The summed E-state index contributed by atoms with van der Waals surface area (Å²) in [6.07, 6.45) is 5.12. The van der Waals surface area contributed by atoms with Gasteiger partial charge in [-0.3, -0.25) is 0 Å². The van der Waals surface area contributed by atoms with Crippen LogP contribution in [0, 0.1) is 0 Å². The molecule has 1 atom stereocenters. The number of aliphatic imine (C=N–C) groups is 1. The number of amidine groups is 1. The summed E-state index contributed by atoms with van der Waals surface area (Å²) in [5.74, 6) is 0. The molecule has 0 saturated heterocycles. The Morgan fingerprint density at radius 3 is 3.00 bits per heavy atom. The Labute approximate surface area is 67.6 Å². The molecule has 11 heavy (non-hydrogen) atoms. The Kier molecular flexibility index (Phi) is 3.20. The topological polar surface area (TPSA) is 47.6 Å². The lowest BCUT2D eigenvalue weighted by atomic mass is 10.1. The van der Waals surface area contributed by atoms with E-state index < -0.39 is 0 Å². The van der Waals surface area contributed by atoms with Crippen LogP contribution in [0.2, 0.25) is 0 Å². The van der Waals surface area contributed by atoms with Crippen LogP contribution in [0.25, 0.3) is 0 Å². The molecule has 0 radical (unpaired) electrons. The van der Waals surface area contributed by atoms with Crippen LogP contribution >= 0.6 is 0 Å². The van der Waals surface area contributed by atoms with Crippen molar-refractivity contribution in [3.63, 3.8) is 0 Å². The van der Waals surface area contributed by atoms with Gasteiger partial charge in [-0.15, -0.1) is 0 Å². The Morgan fingerprint density at radius 1 is 1.64 bits per heavy atom. The highest BCUT2D eigenvalue weighted by Gasteiger charge is 2.15. The standard InChI is InChI=1S/C8H16N2O/c1-2-3-4-5-7-6-10-8(9)11-7/h7H,2-6H2,1H3,(H2,9,10). The summed E-state index contributed by atoms with van der Waals surface area (Å²) in [4.78, 5) is 3.97. The van der Waals surface area contributed by atoms with Crippen LogP contribution < -0.4 is 5.73 Å². The van der Waals surface area contributed by atoms with E-state index in [-0.39, 0.29) is 6.10 Å². The molecule has 0 amide bonds. The fraction of sp³-hybridized carbons (Fsp3) is 0.875. The van der Waals surface area contributed by atoms with Gasteiger partial charge < -0.3 is 10.5 Å². The second kappa shape index (κ2) is 4.21. The summed E-state index contributed by atoms with van der Waals surface area (Å²) in [6.45, 7) is 2.95. The van der Waals surface area contributed by atoms with E-state index in [4.69, 9.17) is 10.5 Å². The number of hydrogen-bond donors (Lipinski definition) is 1. The number of rotatable bonds is 4. The highest BCUT2D eigenvalue weighted by Crippen LogP contribution is 2.10. The summed E-state index contributed by atoms with van der Waals surface area (Å²) in [5.41, 5.74) is 5.36. The molecule has 1 aliphatic heterocycles. The van der Waals surface area contributed by atoms with Crippen molar-refractivity contribution in [2.75, 3.05) is 6.54 Å². The molecule has 3 nitrogen and oxygen atoms in total. The monoisotopic (exact) mass is 156 g/mol. The zero-order valence-corrected chi connectivity index (χ0v) is 7.05. The third kappa shape index (κ3) is 2.78. The SMILES string of the molecule is CCCCCC1CN=C(N)O1. The Hall–Kier alpha value is -0.730. The summed E-state index contributed by atoms with van der Waals surface area (Å²) < 4.78 is 5.24. The zero-order valence-electron chi connectivity index (χ0n) is 7.05. The third-order valence-corrected chi connectivity index (χ3v) is 1.87. The van der Waals surface area contributed by atoms with Crippen LogP contribution in [0.15, 0.2) is 4.99 Å². The second-order valence-corrected chi connectivity index (χ2v) is 2.91. The fourth-order valence-corrected chi connectivity index (χ4v) is 1.21. The third-order valence-electron chi connectivity index (χ3n) is 1.87. The predicted molar refractivity (Wildman–Crippen MR) is 45.5 cm³/mol. The molecule has 0 aromatic heterocycles. The van der Waals surface area contributed by atoms with E-state index in [0.29, 0.717) is 6.02 Å². The Balaban J connectivity index is 2.02. The van der Waals surface area contributed by atoms with Crippen molar-refractivity contribution in [2.24, 2.45) is 10.7 Å². The van der Waals surface area contributed by atoms with E-state index in [2.05, 4.69) is 11.9 Å². The van der Waals surface area contributed by atoms with Gasteiger partial charge in [0.1, 0.15) is 6.10 Å². The average Bonchev–Trinajstić information content (AvgIpc) is 2.37. The first-order valence-corrected chi connectivity index (χ1v) is 4.29. The van der Waals surface area contributed by atoms with E-state index >= 15 is 0 Å². The molecule has 2 N–H and O–H groups in total. The Bertz CT molecular complexity index is 145. The summed E-state index contributed by atoms with van der Waals surface area (Å²) >= 11 is 0. The van der Waals surface area contributed by atoms with Gasteiger partial charge >= 0.3 is 0 Å². The van der Waals surface area contributed by atoms with Crippen LogP contribution in [0.1, 0.15) is 32.6 Å². The van der Waals surface area contributed by atoms with Crippen molar-refractivity contribution < 1.29 is 4.74 Å². The fourth-order valence-electron chi connectivity index (χ4n) is 1.21. The summed E-state index contributed by atoms with van der Waals surface area (Å²) in [5, 5.41) is 0. The normalized spacial score (nSPS) is 23.0. The van der Waals surface area contributed by atoms with Crippen LogP contribution in [-0.2, 0) is 4.74 Å². The lowest BCUT2D eigenvalue weighted by Crippen LogP contribution is -2.17. The number of ether oxygens (including phenoxy) is 1. The number of nitrogens with two attached hydrogens (primary N) is 1. The highest BCUT2D eigenvalue weighted by atomic mass is 16.5. The van der Waals surface area contributed by atoms with Gasteiger partial charge in [0, 0.05) is 0 Å². The van der Waals surface area contributed by atoms with Crippen molar-refractivity contribution in [1.82, 2.24) is 0 Å². The largest absolute Gasteiger partial charge is 0.460 e. The first kappa shape index (κ1) is 8.37. The van der Waals surface area contributed by atoms with Crippen molar-refractivity contribution in [1.29, 1.82) is 0 Å². The molecule has 1 heterocycles. The first-order valence-electron chi connectivity index (χ1n) is 4.29. The van der Waals surface area contributed by atoms with Crippen molar-refractivity contribution >= 4 is 6.02 Å². The van der Waals surface area contributed by atoms with E-state index in [0.717, 1.165) is 13.0 Å². The molecule has 1 unspecified atom stereocenters. The molecule has 0 saturated carbocycles. The molecule has 1 rings (SSSR count). The van der Waals surface area contributed by atoms with Crippen molar-refractivity contribution in [3.05, 3.63) is 0 Å². The quantitative estimate of drug-likeness (QED) is 0.623. The van der Waals surface area contributed by atoms with Crippen LogP contribution in [-0.4, -0.2) is 18.7 Å². The van der Waals surface area contributed by atoms with Crippen LogP contribution in [0.3, 0.4) is 0 Å². The van der Waals surface area contributed by atoms with Gasteiger partial charge in [-0.1, -0.05) is 19.8 Å². The van der Waals surface area contributed by atoms with E-state index in [9.17, 15) is 0 Å². The number of nitrogens with zero attached hydrogens (tertiary/aromatic N) is 1. The maximum absolute atomic E-state index is 5.36. The van der Waals surface area contributed by atoms with Crippen LogP contribution in [0.4, 0.5) is 0 Å². The molecule has 0 fully saturated rings. The number of unbranched alkanes of at least 4 members (excludes halogenated alkanes) is 2. The smallest absolute Gasteiger partial charge is 0.282 e. The maximum atomic E-state index is 5.36. The van der Waals surface area contributed by atoms with Crippen molar-refractivity contribution in [2.45, 2.75) is 38.7 Å². The average molecular weight is 156 g/mol. The minimum atomic E-state index is 0.265. The molecule has 1 aliphatic rings. The highest BCUT2D eigenvalue weighted by molar-refractivity contribution is 5.72. The second-order valence-electron chi connectivity index (χ2n) is 2.91. The molecule has 0 aromatic carbocycles. The molecular weight excluding hydrogens is 140 g/mol. The summed E-state index contributed by atoms with van der Waals surface area (Å²) in [6, 6.07) is 0.367. The van der Waals surface area contributed by atoms with Gasteiger partial charge in [-0.25, -0.2) is 4.99 Å². The van der Waals surface area contributed by atoms with E-state index in [1.165, 1.54) is 19.3 Å². The van der Waals surface area contributed by atoms with Gasteiger partial charge in [0.15, 0.2) is 0 Å².